The summed E-state index contributed by atoms with van der Waals surface area (Å²) in [5.74, 6) is -1.97. The Morgan fingerprint density at radius 3 is 2.33 bits per heavy atom. The van der Waals surface area contributed by atoms with E-state index in [1.807, 2.05) is 0 Å². The fourth-order valence-electron chi connectivity index (χ4n) is 3.45. The normalized spacial score (nSPS) is 15.2. The molecule has 0 aliphatic carbocycles. The quantitative estimate of drug-likeness (QED) is 0.329. The van der Waals surface area contributed by atoms with Crippen molar-refractivity contribution in [2.45, 2.75) is 39.3 Å². The summed E-state index contributed by atoms with van der Waals surface area (Å²) in [6, 6.07) is 5.39. The third-order valence-electron chi connectivity index (χ3n) is 4.91. The topological polar surface area (TPSA) is 162 Å². The van der Waals surface area contributed by atoms with E-state index < -0.39 is 44.0 Å². The van der Waals surface area contributed by atoms with Crippen LogP contribution in [0, 0.1) is 10.1 Å². The van der Waals surface area contributed by atoms with Crippen molar-refractivity contribution in [2.75, 3.05) is 19.4 Å². The molecule has 1 aromatic carbocycles. The average Bonchev–Trinajstić information content (AvgIpc) is 3.04. The summed E-state index contributed by atoms with van der Waals surface area (Å²) >= 11 is 0. The Morgan fingerprint density at radius 2 is 1.82 bits per heavy atom. The first-order chi connectivity index (χ1) is 15.3. The number of ether oxygens (including phenoxy) is 2. The summed E-state index contributed by atoms with van der Waals surface area (Å²) in [5.41, 5.74) is -0.869. The molecule has 2 rings (SSSR count). The summed E-state index contributed by atoms with van der Waals surface area (Å²) in [7, 11) is -2.94. The van der Waals surface area contributed by atoms with Crippen molar-refractivity contribution in [2.24, 2.45) is 0 Å². The highest BCUT2D eigenvalue weighted by Gasteiger charge is 2.47. The second-order valence-electron chi connectivity index (χ2n) is 7.85. The number of amides is 2. The summed E-state index contributed by atoms with van der Waals surface area (Å²) < 4.78 is 35.5. The molecule has 0 saturated carbocycles. The number of nitrogens with zero attached hydrogens (tertiary/aromatic N) is 2. The number of rotatable bonds is 8. The molecule has 1 N–H and O–H groups in total. The van der Waals surface area contributed by atoms with E-state index in [1.54, 1.807) is 13.8 Å². The summed E-state index contributed by atoms with van der Waals surface area (Å²) in [6.45, 7) is 4.01. The van der Waals surface area contributed by atoms with Crippen LogP contribution >= 0.6 is 0 Å². The highest BCUT2D eigenvalue weighted by Crippen LogP contribution is 2.40. The molecule has 0 atom stereocenters. The number of nitro groups is 1. The first kappa shape index (κ1) is 25.8. The fourth-order valence-corrected chi connectivity index (χ4v) is 5.11. The van der Waals surface area contributed by atoms with Crippen LogP contribution in [0.3, 0.4) is 0 Å². The van der Waals surface area contributed by atoms with Gasteiger partial charge in [0, 0.05) is 37.6 Å². The first-order valence-electron chi connectivity index (χ1n) is 9.79. The SMILES string of the molecule is COC(=O)C1=C(S(=O)(=O)CCNC(=O)OCc2ccc([N+](=O)[O-])cc2)CC(C)(C)N1C(C)=O. The van der Waals surface area contributed by atoms with Gasteiger partial charge < -0.3 is 14.8 Å². The van der Waals surface area contributed by atoms with Crippen LogP contribution in [0.4, 0.5) is 10.5 Å². The van der Waals surface area contributed by atoms with E-state index >= 15 is 0 Å². The predicted octanol–water partition coefficient (Wildman–Crippen LogP) is 1.65. The van der Waals surface area contributed by atoms with Crippen molar-refractivity contribution >= 4 is 33.5 Å². The van der Waals surface area contributed by atoms with Gasteiger partial charge in [0.2, 0.25) is 5.91 Å². The van der Waals surface area contributed by atoms with Crippen molar-refractivity contribution in [3.8, 4) is 0 Å². The number of carbonyl (C=O) groups is 3. The van der Waals surface area contributed by atoms with Crippen molar-refractivity contribution < 1.29 is 37.2 Å². The van der Waals surface area contributed by atoms with E-state index in [0.29, 0.717) is 5.56 Å². The van der Waals surface area contributed by atoms with Crippen molar-refractivity contribution in [1.82, 2.24) is 10.2 Å². The molecule has 0 unspecified atom stereocenters. The van der Waals surface area contributed by atoms with Gasteiger partial charge in [-0.2, -0.15) is 0 Å². The molecule has 1 heterocycles. The lowest BCUT2D eigenvalue weighted by molar-refractivity contribution is -0.384. The monoisotopic (exact) mass is 483 g/mol. The number of hydrogen-bond acceptors (Lipinski definition) is 9. The van der Waals surface area contributed by atoms with Gasteiger partial charge in [-0.1, -0.05) is 0 Å². The fraction of sp³-hybridized carbons (Fsp3) is 0.450. The molecule has 13 heteroatoms. The average molecular weight is 483 g/mol. The number of nitro benzene ring substituents is 1. The number of benzene rings is 1. The van der Waals surface area contributed by atoms with Gasteiger partial charge in [0.25, 0.3) is 5.69 Å². The number of nitrogens with one attached hydrogen (secondary N) is 1. The Labute approximate surface area is 190 Å². The minimum absolute atomic E-state index is 0.0794. The predicted molar refractivity (Wildman–Crippen MR) is 115 cm³/mol. The Balaban J connectivity index is 2.02. The number of alkyl carbamates (subject to hydrolysis) is 1. The van der Waals surface area contributed by atoms with Gasteiger partial charge in [0.15, 0.2) is 9.84 Å². The second-order valence-corrected chi connectivity index (χ2v) is 9.98. The third kappa shape index (κ3) is 6.06. The van der Waals surface area contributed by atoms with Crippen LogP contribution < -0.4 is 5.32 Å². The molecule has 2 amide bonds. The Kier molecular flexibility index (Phi) is 7.80. The van der Waals surface area contributed by atoms with E-state index in [0.717, 1.165) is 12.0 Å². The largest absolute Gasteiger partial charge is 0.464 e. The van der Waals surface area contributed by atoms with E-state index in [9.17, 15) is 32.9 Å². The van der Waals surface area contributed by atoms with Gasteiger partial charge in [0.1, 0.15) is 12.3 Å². The molecule has 0 bridgehead atoms. The van der Waals surface area contributed by atoms with Gasteiger partial charge in [-0.15, -0.1) is 0 Å². The van der Waals surface area contributed by atoms with E-state index in [-0.39, 0.29) is 35.9 Å². The maximum Gasteiger partial charge on any atom is 0.407 e. The highest BCUT2D eigenvalue weighted by molar-refractivity contribution is 7.95. The van der Waals surface area contributed by atoms with E-state index in [4.69, 9.17) is 4.74 Å². The number of carbonyl (C=O) groups excluding carboxylic acids is 3. The molecule has 1 aliphatic rings. The maximum absolute atomic E-state index is 12.9. The van der Waals surface area contributed by atoms with Crippen molar-refractivity contribution in [3.05, 3.63) is 50.5 Å². The van der Waals surface area contributed by atoms with Gasteiger partial charge in [-0.3, -0.25) is 19.8 Å². The standard InChI is InChI=1S/C20H25N3O9S/c1-13(24)22-17(18(25)31-4)16(11-20(22,2)3)33(29,30)10-9-21-19(26)32-12-14-5-7-15(8-6-14)23(27)28/h5-8H,9-12H2,1-4H3,(H,21,26). The van der Waals surface area contributed by atoms with E-state index in [2.05, 4.69) is 10.1 Å². The zero-order valence-electron chi connectivity index (χ0n) is 18.6. The third-order valence-corrected chi connectivity index (χ3v) is 6.74. The number of hydrogen-bond donors (Lipinski definition) is 1. The van der Waals surface area contributed by atoms with Gasteiger partial charge in [0.05, 0.1) is 22.7 Å². The number of methoxy groups -OCH3 is 1. The maximum atomic E-state index is 12.9. The Morgan fingerprint density at radius 1 is 1.21 bits per heavy atom. The lowest BCUT2D eigenvalue weighted by atomic mass is 10.0. The first-order valence-corrected chi connectivity index (χ1v) is 11.4. The molecule has 12 nitrogen and oxygen atoms in total. The number of non-ortho nitro benzene ring substituents is 1. The highest BCUT2D eigenvalue weighted by atomic mass is 32.2. The molecular weight excluding hydrogens is 458 g/mol. The Bertz CT molecular complexity index is 1090. The molecule has 33 heavy (non-hydrogen) atoms. The van der Waals surface area contributed by atoms with Crippen LogP contribution in [-0.2, 0) is 35.5 Å². The van der Waals surface area contributed by atoms with E-state index in [1.165, 1.54) is 31.2 Å². The zero-order chi connectivity index (χ0) is 25.0. The number of sulfone groups is 1. The minimum atomic E-state index is -4.03. The lowest BCUT2D eigenvalue weighted by Gasteiger charge is -2.31. The molecule has 0 aromatic heterocycles. The molecule has 180 valence electrons. The van der Waals surface area contributed by atoms with Crippen molar-refractivity contribution in [3.63, 3.8) is 0 Å². The second kappa shape index (κ2) is 9.98. The molecule has 1 aromatic rings. The summed E-state index contributed by atoms with van der Waals surface area (Å²) in [4.78, 5) is 47.2. The van der Waals surface area contributed by atoms with Crippen LogP contribution in [0.1, 0.15) is 32.8 Å². The Hall–Kier alpha value is -3.48. The van der Waals surface area contributed by atoms with Gasteiger partial charge in [-0.05, 0) is 31.5 Å². The smallest absolute Gasteiger partial charge is 0.407 e. The molecule has 0 saturated heterocycles. The van der Waals surface area contributed by atoms with Gasteiger partial charge >= 0.3 is 12.1 Å². The minimum Gasteiger partial charge on any atom is -0.464 e. The van der Waals surface area contributed by atoms with Crippen LogP contribution in [0.25, 0.3) is 0 Å². The summed E-state index contributed by atoms with van der Waals surface area (Å²) in [6.07, 6.45) is -0.966. The molecule has 0 fully saturated rings. The van der Waals surface area contributed by atoms with Crippen LogP contribution in [-0.4, -0.2) is 61.2 Å². The van der Waals surface area contributed by atoms with Gasteiger partial charge in [-0.25, -0.2) is 18.0 Å². The summed E-state index contributed by atoms with van der Waals surface area (Å²) in [5, 5.41) is 13.0. The van der Waals surface area contributed by atoms with Crippen molar-refractivity contribution in [1.29, 1.82) is 0 Å². The molecule has 0 spiro atoms. The zero-order valence-corrected chi connectivity index (χ0v) is 19.4. The number of esters is 1. The molecule has 1 aliphatic heterocycles. The van der Waals surface area contributed by atoms with Crippen LogP contribution in [0.15, 0.2) is 34.9 Å². The van der Waals surface area contributed by atoms with Crippen LogP contribution in [0.5, 0.6) is 0 Å². The lowest BCUT2D eigenvalue weighted by Crippen LogP contribution is -2.43. The molecular formula is C20H25N3O9S. The molecule has 0 radical (unpaired) electrons. The van der Waals surface area contributed by atoms with Crippen LogP contribution in [0.2, 0.25) is 0 Å².